The molecule has 2 rings (SSSR count). The number of aryl methyl sites for hydroxylation is 1. The van der Waals surface area contributed by atoms with Crippen LogP contribution in [0.4, 0.5) is 5.69 Å². The minimum absolute atomic E-state index is 0.0909. The highest BCUT2D eigenvalue weighted by molar-refractivity contribution is 7.89. The topological polar surface area (TPSA) is 83.5 Å². The lowest BCUT2D eigenvalue weighted by atomic mass is 10.1. The van der Waals surface area contributed by atoms with Gasteiger partial charge in [-0.1, -0.05) is 23.8 Å². The Morgan fingerprint density at radius 1 is 1.18 bits per heavy atom. The van der Waals surface area contributed by atoms with Gasteiger partial charge in [-0.3, -0.25) is 4.79 Å². The number of benzene rings is 2. The fourth-order valence-electron chi connectivity index (χ4n) is 2.07. The smallest absolute Gasteiger partial charge is 0.259 e. The highest BCUT2D eigenvalue weighted by Crippen LogP contribution is 2.20. The third-order valence-electron chi connectivity index (χ3n) is 3.01. The summed E-state index contributed by atoms with van der Waals surface area (Å²) < 4.78 is 22.6. The molecule has 1 amide bonds. The normalized spacial score (nSPS) is 11.2. The molecule has 6 heteroatoms. The number of aromatic hydroxyl groups is 1. The lowest BCUT2D eigenvalue weighted by molar-refractivity contribution is 0.102. The van der Waals surface area contributed by atoms with Gasteiger partial charge in [0.25, 0.3) is 5.91 Å². The van der Waals surface area contributed by atoms with Gasteiger partial charge in [0.05, 0.1) is 11.3 Å². The number of sulfone groups is 1. The Balaban J connectivity index is 2.22. The minimum atomic E-state index is -3.14. The van der Waals surface area contributed by atoms with Crippen molar-refractivity contribution in [1.29, 1.82) is 0 Å². The summed E-state index contributed by atoms with van der Waals surface area (Å²) in [6.45, 7) is 1.82. The standard InChI is InChI=1S/C16H17NO4S/c1-11-6-7-15(18)14(8-11)16(19)17-13-5-3-4-12(9-13)10-22(2,20)21/h3-9,18H,10H2,1-2H3,(H,17,19). The van der Waals surface area contributed by atoms with Gasteiger partial charge in [-0.25, -0.2) is 8.42 Å². The maximum atomic E-state index is 12.2. The van der Waals surface area contributed by atoms with E-state index in [1.165, 1.54) is 6.07 Å². The maximum Gasteiger partial charge on any atom is 0.259 e. The van der Waals surface area contributed by atoms with Gasteiger partial charge in [0.2, 0.25) is 0 Å². The van der Waals surface area contributed by atoms with Gasteiger partial charge in [-0.15, -0.1) is 0 Å². The number of nitrogens with one attached hydrogen (secondary N) is 1. The van der Waals surface area contributed by atoms with E-state index in [9.17, 15) is 18.3 Å². The lowest BCUT2D eigenvalue weighted by Crippen LogP contribution is -2.12. The zero-order valence-electron chi connectivity index (χ0n) is 12.3. The van der Waals surface area contributed by atoms with Gasteiger partial charge in [0.1, 0.15) is 5.75 Å². The Morgan fingerprint density at radius 3 is 2.59 bits per heavy atom. The largest absolute Gasteiger partial charge is 0.507 e. The Labute approximate surface area is 129 Å². The molecule has 0 saturated carbocycles. The van der Waals surface area contributed by atoms with Crippen molar-refractivity contribution in [3.63, 3.8) is 0 Å². The first kappa shape index (κ1) is 16.0. The van der Waals surface area contributed by atoms with E-state index in [0.717, 1.165) is 11.8 Å². The van der Waals surface area contributed by atoms with Crippen LogP contribution in [0.25, 0.3) is 0 Å². The number of anilines is 1. The van der Waals surface area contributed by atoms with E-state index in [0.29, 0.717) is 11.3 Å². The van der Waals surface area contributed by atoms with Crippen LogP contribution in [0, 0.1) is 6.92 Å². The van der Waals surface area contributed by atoms with E-state index < -0.39 is 15.7 Å². The molecule has 0 aromatic heterocycles. The third-order valence-corrected chi connectivity index (χ3v) is 3.87. The van der Waals surface area contributed by atoms with Crippen LogP contribution in [-0.2, 0) is 15.6 Å². The summed E-state index contributed by atoms with van der Waals surface area (Å²) in [5.41, 5.74) is 2.10. The molecule has 0 spiro atoms. The molecule has 2 aromatic carbocycles. The van der Waals surface area contributed by atoms with E-state index in [4.69, 9.17) is 0 Å². The molecular formula is C16H17NO4S. The molecule has 5 nitrogen and oxygen atoms in total. The first-order valence-electron chi connectivity index (χ1n) is 6.62. The van der Waals surface area contributed by atoms with Crippen molar-refractivity contribution in [2.45, 2.75) is 12.7 Å². The van der Waals surface area contributed by atoms with E-state index >= 15 is 0 Å². The van der Waals surface area contributed by atoms with Crippen molar-refractivity contribution in [2.24, 2.45) is 0 Å². The molecule has 0 radical (unpaired) electrons. The fraction of sp³-hybridized carbons (Fsp3) is 0.188. The van der Waals surface area contributed by atoms with Crippen molar-refractivity contribution >= 4 is 21.4 Å². The molecule has 0 heterocycles. The van der Waals surface area contributed by atoms with Gasteiger partial charge in [0.15, 0.2) is 9.84 Å². The summed E-state index contributed by atoms with van der Waals surface area (Å²) in [5, 5.41) is 12.4. The fourth-order valence-corrected chi connectivity index (χ4v) is 2.86. The quantitative estimate of drug-likeness (QED) is 0.907. The molecule has 116 valence electrons. The number of hydrogen-bond donors (Lipinski definition) is 2. The number of amides is 1. The first-order valence-corrected chi connectivity index (χ1v) is 8.68. The van der Waals surface area contributed by atoms with Gasteiger partial charge < -0.3 is 10.4 Å². The van der Waals surface area contributed by atoms with Crippen molar-refractivity contribution < 1.29 is 18.3 Å². The number of hydrogen-bond acceptors (Lipinski definition) is 4. The summed E-state index contributed by atoms with van der Waals surface area (Å²) in [6, 6.07) is 11.4. The molecule has 0 aliphatic rings. The zero-order chi connectivity index (χ0) is 16.3. The second kappa shape index (κ2) is 6.19. The molecule has 0 aliphatic heterocycles. The summed E-state index contributed by atoms with van der Waals surface area (Å²) in [5.74, 6) is -0.639. The van der Waals surface area contributed by atoms with E-state index in [-0.39, 0.29) is 17.1 Å². The van der Waals surface area contributed by atoms with Crippen LogP contribution in [0.15, 0.2) is 42.5 Å². The van der Waals surface area contributed by atoms with E-state index in [1.54, 1.807) is 36.4 Å². The van der Waals surface area contributed by atoms with E-state index in [1.807, 2.05) is 6.92 Å². The average molecular weight is 319 g/mol. The minimum Gasteiger partial charge on any atom is -0.507 e. The van der Waals surface area contributed by atoms with Crippen LogP contribution in [0.3, 0.4) is 0 Å². The molecule has 0 saturated heterocycles. The lowest BCUT2D eigenvalue weighted by Gasteiger charge is -2.09. The molecule has 22 heavy (non-hydrogen) atoms. The number of carbonyl (C=O) groups is 1. The maximum absolute atomic E-state index is 12.2. The summed E-state index contributed by atoms with van der Waals surface area (Å²) in [6.07, 6.45) is 1.16. The Hall–Kier alpha value is -2.34. The first-order chi connectivity index (χ1) is 10.2. The van der Waals surface area contributed by atoms with Crippen molar-refractivity contribution in [2.75, 3.05) is 11.6 Å². The zero-order valence-corrected chi connectivity index (χ0v) is 13.1. The SMILES string of the molecule is Cc1ccc(O)c(C(=O)Nc2cccc(CS(C)(=O)=O)c2)c1. The predicted molar refractivity (Wildman–Crippen MR) is 85.8 cm³/mol. The van der Waals surface area contributed by atoms with Gasteiger partial charge in [0, 0.05) is 11.9 Å². The number of rotatable bonds is 4. The summed E-state index contributed by atoms with van der Waals surface area (Å²) in [4.78, 5) is 12.2. The van der Waals surface area contributed by atoms with Crippen molar-refractivity contribution in [1.82, 2.24) is 0 Å². The van der Waals surface area contributed by atoms with Crippen LogP contribution in [-0.4, -0.2) is 25.7 Å². The third kappa shape index (κ3) is 4.33. The number of phenols is 1. The van der Waals surface area contributed by atoms with Gasteiger partial charge in [-0.2, -0.15) is 0 Å². The summed E-state index contributed by atoms with van der Waals surface area (Å²) >= 11 is 0. The van der Waals surface area contributed by atoms with Crippen molar-refractivity contribution in [3.8, 4) is 5.75 Å². The molecule has 0 fully saturated rings. The van der Waals surface area contributed by atoms with Gasteiger partial charge >= 0.3 is 0 Å². The van der Waals surface area contributed by atoms with Crippen molar-refractivity contribution in [3.05, 3.63) is 59.2 Å². The van der Waals surface area contributed by atoms with Crippen LogP contribution in [0.5, 0.6) is 5.75 Å². The highest BCUT2D eigenvalue weighted by Gasteiger charge is 2.12. The number of phenolic OH excluding ortho intramolecular Hbond substituents is 1. The highest BCUT2D eigenvalue weighted by atomic mass is 32.2. The predicted octanol–water partition coefficient (Wildman–Crippen LogP) is 2.50. The van der Waals surface area contributed by atoms with Gasteiger partial charge in [-0.05, 0) is 36.8 Å². The van der Waals surface area contributed by atoms with Crippen LogP contribution in [0.1, 0.15) is 21.5 Å². The Morgan fingerprint density at radius 2 is 1.91 bits per heavy atom. The monoisotopic (exact) mass is 319 g/mol. The molecule has 0 bridgehead atoms. The molecule has 0 aliphatic carbocycles. The second-order valence-corrected chi connectivity index (χ2v) is 7.39. The molecule has 2 N–H and O–H groups in total. The van der Waals surface area contributed by atoms with E-state index in [2.05, 4.69) is 5.32 Å². The van der Waals surface area contributed by atoms with Crippen LogP contribution in [0.2, 0.25) is 0 Å². The molecule has 0 unspecified atom stereocenters. The Bertz CT molecular complexity index is 813. The average Bonchev–Trinajstić information content (AvgIpc) is 2.40. The Kier molecular flexibility index (Phi) is 4.51. The molecular weight excluding hydrogens is 302 g/mol. The second-order valence-electron chi connectivity index (χ2n) is 5.25. The summed E-state index contributed by atoms with van der Waals surface area (Å²) in [7, 11) is -3.14. The van der Waals surface area contributed by atoms with Crippen LogP contribution >= 0.6 is 0 Å². The molecule has 0 atom stereocenters. The van der Waals surface area contributed by atoms with Crippen LogP contribution < -0.4 is 5.32 Å². The number of carbonyl (C=O) groups excluding carboxylic acids is 1. The molecule has 2 aromatic rings.